The van der Waals surface area contributed by atoms with Crippen LogP contribution >= 0.6 is 0 Å². The first-order chi connectivity index (χ1) is 11.0. The average molecular weight is 316 g/mol. The van der Waals surface area contributed by atoms with Gasteiger partial charge in [0, 0.05) is 6.42 Å². The lowest BCUT2D eigenvalue weighted by atomic mass is 9.57. The maximum absolute atomic E-state index is 10.7. The van der Waals surface area contributed by atoms with Gasteiger partial charge in [0.15, 0.2) is 0 Å². The van der Waals surface area contributed by atoms with Gasteiger partial charge in [-0.3, -0.25) is 4.79 Å². The number of carboxylic acid groups (broad SMARTS) is 1. The van der Waals surface area contributed by atoms with Crippen molar-refractivity contribution in [3.63, 3.8) is 0 Å². The van der Waals surface area contributed by atoms with Crippen molar-refractivity contribution in [2.75, 3.05) is 0 Å². The highest BCUT2D eigenvalue weighted by atomic mass is 16.5. The Morgan fingerprint density at radius 1 is 1.17 bits per heavy atom. The Balaban J connectivity index is 1.51. The zero-order chi connectivity index (χ0) is 16.3. The highest BCUT2D eigenvalue weighted by Crippen LogP contribution is 2.56. The van der Waals surface area contributed by atoms with Crippen LogP contribution in [0.3, 0.4) is 0 Å². The maximum Gasteiger partial charge on any atom is 0.303 e. The molecule has 3 aliphatic rings. The van der Waals surface area contributed by atoms with Crippen LogP contribution in [0.4, 0.5) is 0 Å². The van der Waals surface area contributed by atoms with E-state index in [4.69, 9.17) is 9.84 Å². The number of aryl methyl sites for hydroxylation is 1. The summed E-state index contributed by atoms with van der Waals surface area (Å²) in [6.45, 7) is 2.84. The highest BCUT2D eigenvalue weighted by molar-refractivity contribution is 5.66. The van der Waals surface area contributed by atoms with Gasteiger partial charge in [-0.1, -0.05) is 29.8 Å². The number of rotatable bonds is 7. The molecular formula is C20H28O3. The van der Waals surface area contributed by atoms with Crippen LogP contribution in [0.5, 0.6) is 0 Å². The predicted molar refractivity (Wildman–Crippen MR) is 90.3 cm³/mol. The highest BCUT2D eigenvalue weighted by Gasteiger charge is 2.48. The smallest absolute Gasteiger partial charge is 0.303 e. The normalized spacial score (nSPS) is 29.6. The van der Waals surface area contributed by atoms with Gasteiger partial charge < -0.3 is 9.84 Å². The molecule has 0 radical (unpaired) electrons. The van der Waals surface area contributed by atoms with Gasteiger partial charge in [0.05, 0.1) is 12.2 Å². The topological polar surface area (TPSA) is 46.5 Å². The third kappa shape index (κ3) is 3.95. The quantitative estimate of drug-likeness (QED) is 0.781. The van der Waals surface area contributed by atoms with Crippen molar-refractivity contribution in [3.05, 3.63) is 35.4 Å². The fourth-order valence-corrected chi connectivity index (χ4v) is 4.47. The Hall–Kier alpha value is -1.35. The summed E-state index contributed by atoms with van der Waals surface area (Å²) in [6, 6.07) is 8.57. The van der Waals surface area contributed by atoms with Crippen LogP contribution in [0, 0.1) is 12.3 Å². The number of benzene rings is 1. The molecule has 3 heteroatoms. The molecule has 0 saturated heterocycles. The zero-order valence-electron chi connectivity index (χ0n) is 14.1. The second kappa shape index (κ2) is 6.64. The minimum absolute atomic E-state index is 0.0816. The number of fused-ring (bicyclic) bond motifs is 3. The van der Waals surface area contributed by atoms with Gasteiger partial charge in [0.25, 0.3) is 0 Å². The average Bonchev–Trinajstić information content (AvgIpc) is 2.55. The molecule has 1 N–H and O–H groups in total. The molecule has 0 spiro atoms. The first-order valence-electron chi connectivity index (χ1n) is 8.92. The van der Waals surface area contributed by atoms with E-state index in [9.17, 15) is 4.79 Å². The summed E-state index contributed by atoms with van der Waals surface area (Å²) in [7, 11) is 0. The lowest BCUT2D eigenvalue weighted by Crippen LogP contribution is -2.47. The predicted octanol–water partition coefficient (Wildman–Crippen LogP) is 4.86. The number of carboxylic acids is 1. The van der Waals surface area contributed by atoms with Crippen molar-refractivity contribution in [3.8, 4) is 0 Å². The molecule has 2 bridgehead atoms. The van der Waals surface area contributed by atoms with Gasteiger partial charge in [0.2, 0.25) is 0 Å². The van der Waals surface area contributed by atoms with E-state index in [-0.39, 0.29) is 5.60 Å². The summed E-state index contributed by atoms with van der Waals surface area (Å²) in [6.07, 6.45) is 9.28. The number of ether oxygens (including phenoxy) is 1. The lowest BCUT2D eigenvalue weighted by Gasteiger charge is -2.53. The minimum Gasteiger partial charge on any atom is -0.481 e. The molecular weight excluding hydrogens is 288 g/mol. The molecule has 4 rings (SSSR count). The van der Waals surface area contributed by atoms with Crippen molar-refractivity contribution in [2.24, 2.45) is 5.41 Å². The van der Waals surface area contributed by atoms with Crippen molar-refractivity contribution < 1.29 is 14.6 Å². The van der Waals surface area contributed by atoms with Gasteiger partial charge in [-0.05, 0) is 69.3 Å². The lowest BCUT2D eigenvalue weighted by molar-refractivity contribution is -0.147. The Kier molecular flexibility index (Phi) is 4.77. The van der Waals surface area contributed by atoms with Crippen molar-refractivity contribution in [1.82, 2.24) is 0 Å². The molecule has 0 amide bonds. The molecule has 23 heavy (non-hydrogen) atoms. The van der Waals surface area contributed by atoms with Gasteiger partial charge in [-0.2, -0.15) is 0 Å². The van der Waals surface area contributed by atoms with Crippen molar-refractivity contribution in [1.29, 1.82) is 0 Å². The van der Waals surface area contributed by atoms with Crippen LogP contribution in [0.1, 0.15) is 68.9 Å². The summed E-state index contributed by atoms with van der Waals surface area (Å²) in [5.74, 6) is -0.663. The minimum atomic E-state index is -0.663. The summed E-state index contributed by atoms with van der Waals surface area (Å²) in [4.78, 5) is 10.7. The molecule has 0 aromatic heterocycles. The van der Waals surface area contributed by atoms with Crippen LogP contribution < -0.4 is 0 Å². The van der Waals surface area contributed by atoms with Crippen molar-refractivity contribution in [2.45, 2.75) is 76.9 Å². The Morgan fingerprint density at radius 2 is 1.87 bits per heavy atom. The molecule has 0 heterocycles. The second-order valence-electron chi connectivity index (χ2n) is 7.71. The van der Waals surface area contributed by atoms with Crippen LogP contribution in [-0.2, 0) is 16.1 Å². The number of hydrogen-bond acceptors (Lipinski definition) is 2. The van der Waals surface area contributed by atoms with Gasteiger partial charge in [-0.15, -0.1) is 0 Å². The largest absolute Gasteiger partial charge is 0.481 e. The number of hydrogen-bond donors (Lipinski definition) is 1. The van der Waals surface area contributed by atoms with Gasteiger partial charge in [0.1, 0.15) is 0 Å². The molecule has 3 saturated carbocycles. The monoisotopic (exact) mass is 316 g/mol. The molecule has 1 aromatic rings. The van der Waals surface area contributed by atoms with Crippen LogP contribution in [0.15, 0.2) is 24.3 Å². The summed E-state index contributed by atoms with van der Waals surface area (Å²) < 4.78 is 6.39. The van der Waals surface area contributed by atoms with E-state index in [1.165, 1.54) is 30.4 Å². The molecule has 0 aliphatic heterocycles. The maximum atomic E-state index is 10.7. The van der Waals surface area contributed by atoms with Crippen LogP contribution in [0.25, 0.3) is 0 Å². The number of aliphatic carboxylic acids is 1. The van der Waals surface area contributed by atoms with E-state index >= 15 is 0 Å². The molecule has 1 aromatic carbocycles. The molecule has 0 atom stereocenters. The Labute approximate surface area is 139 Å². The fourth-order valence-electron chi connectivity index (χ4n) is 4.47. The first kappa shape index (κ1) is 16.5. The molecule has 3 fully saturated rings. The standard InChI is InChI=1S/C20H28O3/c1-16-4-2-5-17(14-16)15-23-20-11-8-19(9-12-20,10-13-20)7-3-6-18(21)22/h2,4-5,14H,3,6-13,15H2,1H3,(H,21,22). The molecule has 0 unspecified atom stereocenters. The first-order valence-corrected chi connectivity index (χ1v) is 8.92. The third-order valence-electron chi connectivity index (χ3n) is 6.06. The van der Waals surface area contributed by atoms with E-state index in [1.54, 1.807) is 0 Å². The second-order valence-corrected chi connectivity index (χ2v) is 7.71. The van der Waals surface area contributed by atoms with E-state index < -0.39 is 5.97 Å². The Bertz CT molecular complexity index is 539. The molecule has 3 nitrogen and oxygen atoms in total. The van der Waals surface area contributed by atoms with E-state index in [0.717, 1.165) is 32.1 Å². The van der Waals surface area contributed by atoms with Crippen molar-refractivity contribution >= 4 is 5.97 Å². The fraction of sp³-hybridized carbons (Fsp3) is 0.650. The number of carbonyl (C=O) groups is 1. The van der Waals surface area contributed by atoms with E-state index in [1.807, 2.05) is 0 Å². The van der Waals surface area contributed by atoms with E-state index in [0.29, 0.717) is 18.4 Å². The Morgan fingerprint density at radius 3 is 2.48 bits per heavy atom. The summed E-state index contributed by atoms with van der Waals surface area (Å²) in [5.41, 5.74) is 3.04. The van der Waals surface area contributed by atoms with Crippen LogP contribution in [-0.4, -0.2) is 16.7 Å². The van der Waals surface area contributed by atoms with E-state index in [2.05, 4.69) is 31.2 Å². The van der Waals surface area contributed by atoms with Gasteiger partial charge in [-0.25, -0.2) is 0 Å². The SMILES string of the molecule is Cc1cccc(COC23CCC(CCCC(=O)O)(CC2)CC3)c1. The zero-order valence-corrected chi connectivity index (χ0v) is 14.1. The molecule has 3 aliphatic carbocycles. The third-order valence-corrected chi connectivity index (χ3v) is 6.06. The molecule has 126 valence electrons. The summed E-state index contributed by atoms with van der Waals surface area (Å²) in [5, 5.41) is 8.83. The van der Waals surface area contributed by atoms with Gasteiger partial charge >= 0.3 is 5.97 Å². The van der Waals surface area contributed by atoms with Crippen LogP contribution in [0.2, 0.25) is 0 Å². The summed E-state index contributed by atoms with van der Waals surface area (Å²) >= 11 is 0.